The van der Waals surface area contributed by atoms with E-state index in [1.807, 2.05) is 19.1 Å². The summed E-state index contributed by atoms with van der Waals surface area (Å²) in [5.41, 5.74) is 2.22. The van der Waals surface area contributed by atoms with Crippen LogP contribution in [0.3, 0.4) is 0 Å². The summed E-state index contributed by atoms with van der Waals surface area (Å²) in [6.45, 7) is 5.36. The van der Waals surface area contributed by atoms with Gasteiger partial charge < -0.3 is 5.11 Å². The van der Waals surface area contributed by atoms with Crippen molar-refractivity contribution in [3.63, 3.8) is 0 Å². The van der Waals surface area contributed by atoms with Crippen LogP contribution in [0.2, 0.25) is 0 Å². The van der Waals surface area contributed by atoms with Crippen LogP contribution in [-0.4, -0.2) is 31.9 Å². The molecule has 0 aliphatic carbocycles. The molecule has 1 N–H and O–H groups in total. The van der Waals surface area contributed by atoms with Crippen molar-refractivity contribution in [3.8, 4) is 0 Å². The zero-order valence-corrected chi connectivity index (χ0v) is 18.2. The van der Waals surface area contributed by atoms with Crippen molar-refractivity contribution in [1.82, 2.24) is 10.2 Å². The van der Waals surface area contributed by atoms with Gasteiger partial charge in [0.1, 0.15) is 10.8 Å². The Hall–Kier alpha value is -3.92. The van der Waals surface area contributed by atoms with Crippen LogP contribution < -0.4 is 4.90 Å². The lowest BCUT2D eigenvalue weighted by molar-refractivity contribution is -0.384. The topological polar surface area (TPSA) is 127 Å². The van der Waals surface area contributed by atoms with Gasteiger partial charge in [-0.1, -0.05) is 29.0 Å². The van der Waals surface area contributed by atoms with E-state index in [9.17, 15) is 24.8 Å². The molecule has 2 heterocycles. The SMILES string of the molecule is Cc1ccc(C)c(/C(O)=C2\C(=O)C(=O)N(c3nnc(C)s3)C2c2ccc([N+](=O)[O-])cc2)c1. The first kappa shape index (κ1) is 21.3. The van der Waals surface area contributed by atoms with Gasteiger partial charge in [0.15, 0.2) is 0 Å². The number of aliphatic hydroxyl groups is 1. The van der Waals surface area contributed by atoms with Crippen LogP contribution >= 0.6 is 11.3 Å². The van der Waals surface area contributed by atoms with Crippen LogP contribution in [0.4, 0.5) is 10.8 Å². The van der Waals surface area contributed by atoms with E-state index in [1.165, 1.54) is 29.2 Å². The fraction of sp³-hybridized carbons (Fsp3) is 0.182. The molecule has 1 atom stereocenters. The molecule has 0 bridgehead atoms. The molecule has 1 aliphatic rings. The minimum Gasteiger partial charge on any atom is -0.507 e. The highest BCUT2D eigenvalue weighted by molar-refractivity contribution is 7.15. The number of rotatable bonds is 4. The van der Waals surface area contributed by atoms with Gasteiger partial charge in [0.05, 0.1) is 16.5 Å². The van der Waals surface area contributed by atoms with E-state index in [1.54, 1.807) is 19.9 Å². The van der Waals surface area contributed by atoms with Gasteiger partial charge in [0.2, 0.25) is 5.13 Å². The lowest BCUT2D eigenvalue weighted by Gasteiger charge is -2.22. The average molecular weight is 450 g/mol. The molecular formula is C22H18N4O5S. The van der Waals surface area contributed by atoms with Crippen molar-refractivity contribution in [1.29, 1.82) is 0 Å². The Kier molecular flexibility index (Phi) is 5.31. The maximum atomic E-state index is 13.1. The quantitative estimate of drug-likeness (QED) is 0.209. The van der Waals surface area contributed by atoms with E-state index < -0.39 is 22.7 Å². The zero-order chi connectivity index (χ0) is 23.2. The van der Waals surface area contributed by atoms with Crippen molar-refractivity contribution in [2.24, 2.45) is 0 Å². The summed E-state index contributed by atoms with van der Waals surface area (Å²) in [4.78, 5) is 37.9. The number of carbonyl (C=O) groups excluding carboxylic acids is 2. The third-order valence-corrected chi connectivity index (χ3v) is 6.07. The molecule has 2 aromatic carbocycles. The molecule has 0 spiro atoms. The van der Waals surface area contributed by atoms with E-state index in [2.05, 4.69) is 10.2 Å². The first-order valence-corrected chi connectivity index (χ1v) is 10.4. The second-order valence-corrected chi connectivity index (χ2v) is 8.60. The van der Waals surface area contributed by atoms with Gasteiger partial charge in [0.25, 0.3) is 11.5 Å². The smallest absolute Gasteiger partial charge is 0.301 e. The molecule has 1 saturated heterocycles. The molecule has 1 amide bonds. The number of hydrogen-bond donors (Lipinski definition) is 1. The number of nitrogens with zero attached hydrogens (tertiary/aromatic N) is 4. The summed E-state index contributed by atoms with van der Waals surface area (Å²) >= 11 is 1.13. The Morgan fingerprint density at radius 2 is 1.78 bits per heavy atom. The van der Waals surface area contributed by atoms with E-state index in [4.69, 9.17) is 0 Å². The Balaban J connectivity index is 1.96. The molecule has 1 aromatic heterocycles. The largest absolute Gasteiger partial charge is 0.507 e. The molecule has 1 aliphatic heterocycles. The summed E-state index contributed by atoms with van der Waals surface area (Å²) in [7, 11) is 0. The van der Waals surface area contributed by atoms with Gasteiger partial charge in [-0.2, -0.15) is 0 Å². The summed E-state index contributed by atoms with van der Waals surface area (Å²) in [5, 5.41) is 31.0. The first-order chi connectivity index (χ1) is 15.2. The standard InChI is InChI=1S/C22H18N4O5S/c1-11-4-5-12(2)16(10-11)19(27)17-18(14-6-8-15(9-7-14)26(30)31)25(21(29)20(17)28)22-24-23-13(3)32-22/h4-10,18,27H,1-3H3/b19-17+. The molecule has 10 heteroatoms. The molecule has 1 fully saturated rings. The van der Waals surface area contributed by atoms with Gasteiger partial charge in [-0.3, -0.25) is 24.6 Å². The molecule has 0 saturated carbocycles. The average Bonchev–Trinajstić information content (AvgIpc) is 3.30. The fourth-order valence-electron chi connectivity index (χ4n) is 3.64. The van der Waals surface area contributed by atoms with Gasteiger partial charge >= 0.3 is 5.91 Å². The Morgan fingerprint density at radius 3 is 2.38 bits per heavy atom. The molecule has 0 radical (unpaired) electrons. The number of aromatic nitrogens is 2. The third kappa shape index (κ3) is 3.54. The normalized spacial score (nSPS) is 17.7. The summed E-state index contributed by atoms with van der Waals surface area (Å²) in [6.07, 6.45) is 0. The summed E-state index contributed by atoms with van der Waals surface area (Å²) < 4.78 is 0. The summed E-state index contributed by atoms with van der Waals surface area (Å²) in [5.74, 6) is -2.02. The number of anilines is 1. The molecular weight excluding hydrogens is 432 g/mol. The van der Waals surface area contributed by atoms with E-state index in [-0.39, 0.29) is 22.2 Å². The van der Waals surface area contributed by atoms with Gasteiger partial charge in [-0.05, 0) is 50.1 Å². The molecule has 9 nitrogen and oxygen atoms in total. The van der Waals surface area contributed by atoms with Gasteiger partial charge in [0, 0.05) is 17.7 Å². The van der Waals surface area contributed by atoms with Crippen LogP contribution in [0, 0.1) is 30.9 Å². The molecule has 3 aromatic rings. The molecule has 32 heavy (non-hydrogen) atoms. The first-order valence-electron chi connectivity index (χ1n) is 9.62. The van der Waals surface area contributed by atoms with Crippen LogP contribution in [0.1, 0.15) is 33.3 Å². The highest BCUT2D eigenvalue weighted by Crippen LogP contribution is 2.43. The molecule has 1 unspecified atom stereocenters. The van der Waals surface area contributed by atoms with Gasteiger partial charge in [-0.25, -0.2) is 0 Å². The lowest BCUT2D eigenvalue weighted by Crippen LogP contribution is -2.29. The minimum absolute atomic E-state index is 0.106. The van der Waals surface area contributed by atoms with Crippen molar-refractivity contribution in [3.05, 3.63) is 85.4 Å². The Morgan fingerprint density at radius 1 is 1.09 bits per heavy atom. The number of carbonyl (C=O) groups is 2. The molecule has 4 rings (SSSR count). The second-order valence-electron chi connectivity index (χ2n) is 7.44. The number of ketones is 1. The fourth-order valence-corrected chi connectivity index (χ4v) is 4.36. The van der Waals surface area contributed by atoms with Crippen molar-refractivity contribution < 1.29 is 19.6 Å². The van der Waals surface area contributed by atoms with Crippen LogP contribution in [-0.2, 0) is 9.59 Å². The van der Waals surface area contributed by atoms with Crippen LogP contribution in [0.25, 0.3) is 5.76 Å². The number of non-ortho nitro benzene ring substituents is 1. The second kappa shape index (κ2) is 7.97. The number of Topliss-reactive ketones (excluding diaryl/α,β-unsaturated/α-hetero) is 1. The van der Waals surface area contributed by atoms with Crippen molar-refractivity contribution in [2.75, 3.05) is 4.90 Å². The van der Waals surface area contributed by atoms with Crippen molar-refractivity contribution in [2.45, 2.75) is 26.8 Å². The zero-order valence-electron chi connectivity index (χ0n) is 17.4. The maximum Gasteiger partial charge on any atom is 0.301 e. The van der Waals surface area contributed by atoms with Crippen LogP contribution in [0.5, 0.6) is 0 Å². The van der Waals surface area contributed by atoms with E-state index in [0.717, 1.165) is 22.5 Å². The summed E-state index contributed by atoms with van der Waals surface area (Å²) in [6, 6.07) is 9.93. The Labute approximate surface area is 186 Å². The molecule has 162 valence electrons. The minimum atomic E-state index is -1.01. The van der Waals surface area contributed by atoms with E-state index >= 15 is 0 Å². The number of aliphatic hydroxyl groups excluding tert-OH is 1. The Bertz CT molecular complexity index is 1300. The third-order valence-electron chi connectivity index (χ3n) is 5.23. The highest BCUT2D eigenvalue weighted by Gasteiger charge is 2.48. The number of amides is 1. The number of aryl methyl sites for hydroxylation is 3. The number of benzene rings is 2. The van der Waals surface area contributed by atoms with Crippen LogP contribution in [0.15, 0.2) is 48.0 Å². The predicted molar refractivity (Wildman–Crippen MR) is 118 cm³/mol. The van der Waals surface area contributed by atoms with Crippen molar-refractivity contribution >= 4 is 39.6 Å². The predicted octanol–water partition coefficient (Wildman–Crippen LogP) is 4.00. The number of nitro groups is 1. The lowest BCUT2D eigenvalue weighted by atomic mass is 9.93. The maximum absolute atomic E-state index is 13.1. The number of hydrogen-bond acceptors (Lipinski definition) is 8. The van der Waals surface area contributed by atoms with Gasteiger partial charge in [-0.15, -0.1) is 10.2 Å². The monoisotopic (exact) mass is 450 g/mol. The van der Waals surface area contributed by atoms with E-state index in [0.29, 0.717) is 16.1 Å². The number of nitro benzene ring substituents is 1. The highest BCUT2D eigenvalue weighted by atomic mass is 32.1.